The lowest BCUT2D eigenvalue weighted by atomic mass is 9.89. The lowest BCUT2D eigenvalue weighted by molar-refractivity contribution is -0.140. The molecule has 6 nitrogen and oxygen atoms in total. The summed E-state index contributed by atoms with van der Waals surface area (Å²) in [7, 11) is 0. The van der Waals surface area contributed by atoms with Crippen LogP contribution in [0.25, 0.3) is 6.08 Å². The Morgan fingerprint density at radius 1 is 1.21 bits per heavy atom. The number of benzene rings is 2. The molecule has 144 valence electrons. The molecule has 6 heteroatoms. The van der Waals surface area contributed by atoms with Gasteiger partial charge in [-0.05, 0) is 43.7 Å². The fourth-order valence-corrected chi connectivity index (χ4v) is 3.66. The lowest BCUT2D eigenvalue weighted by Crippen LogP contribution is -2.44. The van der Waals surface area contributed by atoms with Crippen molar-refractivity contribution in [1.29, 1.82) is 0 Å². The minimum atomic E-state index is -1.85. The van der Waals surface area contributed by atoms with Crippen molar-refractivity contribution in [1.82, 2.24) is 0 Å². The molecule has 0 saturated heterocycles. The summed E-state index contributed by atoms with van der Waals surface area (Å²) in [6, 6.07) is 12.3. The monoisotopic (exact) mass is 379 g/mol. The van der Waals surface area contributed by atoms with Gasteiger partial charge < -0.3 is 19.5 Å². The van der Waals surface area contributed by atoms with E-state index in [9.17, 15) is 14.7 Å². The number of fused-ring (bicyclic) bond motifs is 2. The van der Waals surface area contributed by atoms with Gasteiger partial charge >= 0.3 is 0 Å². The highest BCUT2D eigenvalue weighted by molar-refractivity contribution is 6.10. The Morgan fingerprint density at radius 3 is 2.75 bits per heavy atom. The van der Waals surface area contributed by atoms with E-state index in [1.165, 1.54) is 6.08 Å². The number of amides is 1. The van der Waals surface area contributed by atoms with E-state index in [0.717, 1.165) is 5.56 Å². The molecule has 1 amide bonds. The van der Waals surface area contributed by atoms with Crippen LogP contribution in [0.15, 0.2) is 48.5 Å². The predicted octanol–water partition coefficient (Wildman–Crippen LogP) is 3.03. The molecule has 0 spiro atoms. The molecule has 2 heterocycles. The van der Waals surface area contributed by atoms with Crippen molar-refractivity contribution in [2.24, 2.45) is 0 Å². The van der Waals surface area contributed by atoms with Crippen LogP contribution < -0.4 is 14.4 Å². The fraction of sp³-hybridized carbons (Fsp3) is 0.273. The predicted molar refractivity (Wildman–Crippen MR) is 104 cm³/mol. The van der Waals surface area contributed by atoms with Gasteiger partial charge in [-0.1, -0.05) is 30.3 Å². The Balaban J connectivity index is 1.56. The molecule has 0 saturated carbocycles. The fourth-order valence-electron chi connectivity index (χ4n) is 3.66. The van der Waals surface area contributed by atoms with Crippen LogP contribution in [0.1, 0.15) is 31.4 Å². The van der Waals surface area contributed by atoms with Crippen molar-refractivity contribution < 1.29 is 24.2 Å². The lowest BCUT2D eigenvalue weighted by Gasteiger charge is -2.25. The number of allylic oxidation sites excluding steroid dienone is 1. The van der Waals surface area contributed by atoms with Gasteiger partial charge in [-0.3, -0.25) is 9.59 Å². The molecule has 2 aliphatic rings. The van der Waals surface area contributed by atoms with Crippen LogP contribution in [0.4, 0.5) is 5.69 Å². The van der Waals surface area contributed by atoms with E-state index in [1.807, 2.05) is 26.0 Å². The van der Waals surface area contributed by atoms with Gasteiger partial charge in [0.25, 0.3) is 5.91 Å². The van der Waals surface area contributed by atoms with Crippen LogP contribution in [-0.2, 0) is 15.2 Å². The number of rotatable bonds is 5. The second kappa shape index (κ2) is 6.80. The Bertz CT molecular complexity index is 981. The van der Waals surface area contributed by atoms with Gasteiger partial charge in [0.05, 0.1) is 12.1 Å². The summed E-state index contributed by atoms with van der Waals surface area (Å²) in [5.74, 6) is 0.489. The minimum Gasteiger partial charge on any atom is -0.454 e. The number of hydrogen-bond acceptors (Lipinski definition) is 5. The normalized spacial score (nSPS) is 20.3. The highest BCUT2D eigenvalue weighted by atomic mass is 16.7. The number of nitrogens with zero attached hydrogens (tertiary/aromatic N) is 1. The van der Waals surface area contributed by atoms with Crippen LogP contribution in [0, 0.1) is 0 Å². The second-order valence-corrected chi connectivity index (χ2v) is 7.24. The van der Waals surface area contributed by atoms with E-state index < -0.39 is 11.5 Å². The third-order valence-electron chi connectivity index (χ3n) is 4.99. The number of aliphatic hydroxyl groups is 1. The molecule has 0 aliphatic carbocycles. The quantitative estimate of drug-likeness (QED) is 0.808. The molecular formula is C22H21NO5. The zero-order valence-electron chi connectivity index (χ0n) is 15.7. The summed E-state index contributed by atoms with van der Waals surface area (Å²) >= 11 is 0. The maximum atomic E-state index is 12.9. The van der Waals surface area contributed by atoms with E-state index in [2.05, 4.69) is 0 Å². The van der Waals surface area contributed by atoms with Crippen molar-refractivity contribution >= 4 is 23.5 Å². The number of ether oxygens (including phenoxy) is 2. The highest BCUT2D eigenvalue weighted by Gasteiger charge is 2.51. The summed E-state index contributed by atoms with van der Waals surface area (Å²) in [4.78, 5) is 27.0. The molecule has 2 aromatic rings. The standard InChI is InChI=1S/C22H21NO5/c1-14(2)23-18-6-4-3-5-17(18)22(26,21(23)25)12-16(24)9-7-15-8-10-19-20(11-15)28-13-27-19/h3-11,14,26H,12-13H2,1-2H3/b9-7+. The Morgan fingerprint density at radius 2 is 1.96 bits per heavy atom. The zero-order chi connectivity index (χ0) is 19.9. The van der Waals surface area contributed by atoms with E-state index in [-0.39, 0.29) is 25.0 Å². The first-order valence-electron chi connectivity index (χ1n) is 9.16. The van der Waals surface area contributed by atoms with Crippen LogP contribution in [0.5, 0.6) is 11.5 Å². The van der Waals surface area contributed by atoms with E-state index >= 15 is 0 Å². The van der Waals surface area contributed by atoms with Crippen molar-refractivity contribution in [2.75, 3.05) is 11.7 Å². The van der Waals surface area contributed by atoms with Gasteiger partial charge in [-0.2, -0.15) is 0 Å². The summed E-state index contributed by atoms with van der Waals surface area (Å²) < 4.78 is 10.6. The Hall–Kier alpha value is -3.12. The first kappa shape index (κ1) is 18.3. The van der Waals surface area contributed by atoms with Gasteiger partial charge in [0.15, 0.2) is 22.9 Å². The molecular weight excluding hydrogens is 358 g/mol. The van der Waals surface area contributed by atoms with Crippen molar-refractivity contribution in [3.8, 4) is 11.5 Å². The summed E-state index contributed by atoms with van der Waals surface area (Å²) in [5, 5.41) is 11.1. The topological polar surface area (TPSA) is 76.1 Å². The van der Waals surface area contributed by atoms with Gasteiger partial charge in [0.2, 0.25) is 6.79 Å². The summed E-state index contributed by atoms with van der Waals surface area (Å²) in [6.07, 6.45) is 2.70. The molecule has 0 fully saturated rings. The molecule has 2 aliphatic heterocycles. The number of para-hydroxylation sites is 1. The van der Waals surface area contributed by atoms with Crippen LogP contribution in [-0.4, -0.2) is 29.6 Å². The van der Waals surface area contributed by atoms with Gasteiger partial charge in [0, 0.05) is 11.6 Å². The van der Waals surface area contributed by atoms with Crippen molar-refractivity contribution in [2.45, 2.75) is 31.9 Å². The van der Waals surface area contributed by atoms with Crippen LogP contribution >= 0.6 is 0 Å². The number of anilines is 1. The zero-order valence-corrected chi connectivity index (χ0v) is 15.7. The average Bonchev–Trinajstić information content (AvgIpc) is 3.21. The Kier molecular flexibility index (Phi) is 4.43. The molecule has 28 heavy (non-hydrogen) atoms. The van der Waals surface area contributed by atoms with Gasteiger partial charge in [0.1, 0.15) is 0 Å². The first-order chi connectivity index (χ1) is 13.4. The van der Waals surface area contributed by atoms with E-state index in [4.69, 9.17) is 9.47 Å². The number of hydrogen-bond donors (Lipinski definition) is 1. The maximum Gasteiger partial charge on any atom is 0.264 e. The number of ketones is 1. The minimum absolute atomic E-state index is 0.123. The molecule has 0 aromatic heterocycles. The molecule has 1 atom stereocenters. The molecule has 4 rings (SSSR count). The van der Waals surface area contributed by atoms with Crippen LogP contribution in [0.2, 0.25) is 0 Å². The largest absolute Gasteiger partial charge is 0.454 e. The second-order valence-electron chi connectivity index (χ2n) is 7.24. The third kappa shape index (κ3) is 2.96. The van der Waals surface area contributed by atoms with Gasteiger partial charge in [-0.15, -0.1) is 0 Å². The molecule has 1 N–H and O–H groups in total. The SMILES string of the molecule is CC(C)N1C(=O)C(O)(CC(=O)/C=C/c2ccc3c(c2)OCO3)c2ccccc21. The summed E-state index contributed by atoms with van der Waals surface area (Å²) in [6.45, 7) is 3.94. The molecule has 2 aromatic carbocycles. The van der Waals surface area contributed by atoms with E-state index in [0.29, 0.717) is 22.7 Å². The highest BCUT2D eigenvalue weighted by Crippen LogP contribution is 2.43. The molecule has 0 bridgehead atoms. The molecule has 1 unspecified atom stereocenters. The van der Waals surface area contributed by atoms with E-state index in [1.54, 1.807) is 41.3 Å². The van der Waals surface area contributed by atoms with Crippen molar-refractivity contribution in [3.05, 3.63) is 59.7 Å². The van der Waals surface area contributed by atoms with Crippen molar-refractivity contribution in [3.63, 3.8) is 0 Å². The van der Waals surface area contributed by atoms with Gasteiger partial charge in [-0.25, -0.2) is 0 Å². The Labute approximate surface area is 163 Å². The maximum absolute atomic E-state index is 12.9. The first-order valence-corrected chi connectivity index (χ1v) is 9.16. The third-order valence-corrected chi connectivity index (χ3v) is 4.99. The number of carbonyl (C=O) groups excluding carboxylic acids is 2. The summed E-state index contributed by atoms with van der Waals surface area (Å²) in [5.41, 5.74) is 0.0413. The van der Waals surface area contributed by atoms with Crippen LogP contribution in [0.3, 0.4) is 0 Å². The molecule has 0 radical (unpaired) electrons. The number of carbonyl (C=O) groups is 2. The smallest absolute Gasteiger partial charge is 0.264 e. The average molecular weight is 379 g/mol.